The number of methoxy groups -OCH3 is 2. The van der Waals surface area contributed by atoms with Crippen LogP contribution < -0.4 is 4.74 Å². The molecule has 0 bridgehead atoms. The first kappa shape index (κ1) is 14.8. The number of hydrogen-bond donors (Lipinski definition) is 0. The van der Waals surface area contributed by atoms with Crippen molar-refractivity contribution < 1.29 is 9.47 Å². The second-order valence-electron chi connectivity index (χ2n) is 4.51. The predicted molar refractivity (Wildman–Crippen MR) is 79.2 cm³/mol. The van der Waals surface area contributed by atoms with Crippen molar-refractivity contribution in [2.45, 2.75) is 20.5 Å². The molecule has 0 aliphatic carbocycles. The third-order valence-corrected chi connectivity index (χ3v) is 3.37. The Bertz CT molecular complexity index is 630. The molecular weight excluding hydrogens is 276 g/mol. The summed E-state index contributed by atoms with van der Waals surface area (Å²) < 4.78 is 10.6. The summed E-state index contributed by atoms with van der Waals surface area (Å²) in [6, 6.07) is 5.75. The van der Waals surface area contributed by atoms with Crippen LogP contribution in [-0.4, -0.2) is 24.2 Å². The van der Waals surface area contributed by atoms with E-state index in [2.05, 4.69) is 9.97 Å². The first-order valence-corrected chi connectivity index (χ1v) is 6.61. The molecule has 5 heteroatoms. The first-order chi connectivity index (χ1) is 9.56. The Morgan fingerprint density at radius 1 is 1.15 bits per heavy atom. The molecule has 0 unspecified atom stereocenters. The molecule has 0 radical (unpaired) electrons. The van der Waals surface area contributed by atoms with Crippen molar-refractivity contribution in [1.29, 1.82) is 0 Å². The summed E-state index contributed by atoms with van der Waals surface area (Å²) in [5.41, 5.74) is 3.89. The van der Waals surface area contributed by atoms with Crippen LogP contribution in [0.4, 0.5) is 0 Å². The minimum atomic E-state index is 0.320. The van der Waals surface area contributed by atoms with E-state index < -0.39 is 0 Å². The maximum Gasteiger partial charge on any atom is 0.156 e. The molecule has 20 heavy (non-hydrogen) atoms. The quantitative estimate of drug-likeness (QED) is 0.808. The predicted octanol–water partition coefficient (Wildman–Crippen LogP) is 3.57. The van der Waals surface area contributed by atoms with Gasteiger partial charge in [0.05, 0.1) is 12.8 Å². The van der Waals surface area contributed by atoms with Gasteiger partial charge >= 0.3 is 0 Å². The standard InChI is InChI=1S/C15H17ClN2O2/c1-9-5-6-11(15(20-4)10(9)2)12-7-13(16)18-14(17-12)8-19-3/h5-7H,8H2,1-4H3. The molecule has 0 N–H and O–H groups in total. The highest BCUT2D eigenvalue weighted by Crippen LogP contribution is 2.34. The maximum atomic E-state index is 6.05. The average molecular weight is 293 g/mol. The van der Waals surface area contributed by atoms with E-state index in [1.54, 1.807) is 20.3 Å². The molecule has 0 atom stereocenters. The molecule has 1 heterocycles. The Hall–Kier alpha value is -1.65. The van der Waals surface area contributed by atoms with Gasteiger partial charge in [-0.3, -0.25) is 0 Å². The van der Waals surface area contributed by atoms with E-state index in [0.717, 1.165) is 22.6 Å². The molecule has 0 saturated carbocycles. The van der Waals surface area contributed by atoms with Gasteiger partial charge in [-0.2, -0.15) is 0 Å². The van der Waals surface area contributed by atoms with Crippen LogP contribution in [0.2, 0.25) is 5.15 Å². The van der Waals surface area contributed by atoms with Crippen molar-refractivity contribution in [2.24, 2.45) is 0 Å². The molecule has 1 aromatic carbocycles. The Morgan fingerprint density at radius 2 is 1.90 bits per heavy atom. The summed E-state index contributed by atoms with van der Waals surface area (Å²) >= 11 is 6.05. The lowest BCUT2D eigenvalue weighted by Crippen LogP contribution is -2.01. The maximum absolute atomic E-state index is 6.05. The summed E-state index contributed by atoms with van der Waals surface area (Å²) in [6.45, 7) is 4.39. The summed E-state index contributed by atoms with van der Waals surface area (Å²) in [6.07, 6.45) is 0. The number of aryl methyl sites for hydroxylation is 1. The van der Waals surface area contributed by atoms with Crippen molar-refractivity contribution in [1.82, 2.24) is 9.97 Å². The van der Waals surface area contributed by atoms with Crippen LogP contribution in [0.1, 0.15) is 17.0 Å². The third-order valence-electron chi connectivity index (χ3n) is 3.17. The van der Waals surface area contributed by atoms with Gasteiger partial charge in [-0.15, -0.1) is 0 Å². The van der Waals surface area contributed by atoms with Crippen LogP contribution in [-0.2, 0) is 11.3 Å². The van der Waals surface area contributed by atoms with Gasteiger partial charge in [-0.1, -0.05) is 17.7 Å². The molecule has 4 nitrogen and oxygen atoms in total. The van der Waals surface area contributed by atoms with E-state index in [0.29, 0.717) is 17.6 Å². The highest BCUT2D eigenvalue weighted by Gasteiger charge is 2.13. The fourth-order valence-corrected chi connectivity index (χ4v) is 2.25. The van der Waals surface area contributed by atoms with Crippen molar-refractivity contribution in [3.63, 3.8) is 0 Å². The second-order valence-corrected chi connectivity index (χ2v) is 4.90. The Kier molecular flexibility index (Phi) is 4.57. The number of aromatic nitrogens is 2. The molecular formula is C15H17ClN2O2. The number of ether oxygens (including phenoxy) is 2. The molecule has 0 spiro atoms. The molecule has 2 rings (SSSR count). The monoisotopic (exact) mass is 292 g/mol. The van der Waals surface area contributed by atoms with Gasteiger partial charge in [-0.25, -0.2) is 9.97 Å². The van der Waals surface area contributed by atoms with Crippen LogP contribution in [0.5, 0.6) is 5.75 Å². The lowest BCUT2D eigenvalue weighted by molar-refractivity contribution is 0.178. The van der Waals surface area contributed by atoms with E-state index in [4.69, 9.17) is 21.1 Å². The Labute approximate surface area is 123 Å². The lowest BCUT2D eigenvalue weighted by Gasteiger charge is -2.13. The Balaban J connectivity index is 2.59. The van der Waals surface area contributed by atoms with E-state index in [-0.39, 0.29) is 0 Å². The molecule has 2 aromatic rings. The number of nitrogens with zero attached hydrogens (tertiary/aromatic N) is 2. The van der Waals surface area contributed by atoms with Crippen LogP contribution in [0.3, 0.4) is 0 Å². The largest absolute Gasteiger partial charge is 0.496 e. The zero-order chi connectivity index (χ0) is 14.7. The van der Waals surface area contributed by atoms with Crippen molar-refractivity contribution >= 4 is 11.6 Å². The minimum Gasteiger partial charge on any atom is -0.496 e. The molecule has 0 saturated heterocycles. The minimum absolute atomic E-state index is 0.320. The van der Waals surface area contributed by atoms with Crippen molar-refractivity contribution in [3.05, 3.63) is 40.3 Å². The highest BCUT2D eigenvalue weighted by atomic mass is 35.5. The highest BCUT2D eigenvalue weighted by molar-refractivity contribution is 6.29. The van der Waals surface area contributed by atoms with Gasteiger partial charge in [0.15, 0.2) is 5.82 Å². The summed E-state index contributed by atoms with van der Waals surface area (Å²) in [5, 5.41) is 0.391. The SMILES string of the molecule is COCc1nc(Cl)cc(-c2ccc(C)c(C)c2OC)n1. The van der Waals surface area contributed by atoms with Gasteiger partial charge < -0.3 is 9.47 Å². The number of halogens is 1. The van der Waals surface area contributed by atoms with Gasteiger partial charge in [0.1, 0.15) is 17.5 Å². The van der Waals surface area contributed by atoms with Crippen LogP contribution in [0.15, 0.2) is 18.2 Å². The normalized spacial score (nSPS) is 10.7. The topological polar surface area (TPSA) is 44.2 Å². The molecule has 0 aliphatic rings. The zero-order valence-electron chi connectivity index (χ0n) is 12.0. The molecule has 106 valence electrons. The fraction of sp³-hybridized carbons (Fsp3) is 0.333. The van der Waals surface area contributed by atoms with E-state index in [1.807, 2.05) is 26.0 Å². The Morgan fingerprint density at radius 3 is 2.55 bits per heavy atom. The second kappa shape index (κ2) is 6.20. The molecule has 0 aliphatic heterocycles. The number of benzene rings is 1. The van der Waals surface area contributed by atoms with Crippen molar-refractivity contribution in [2.75, 3.05) is 14.2 Å². The lowest BCUT2D eigenvalue weighted by atomic mass is 10.0. The summed E-state index contributed by atoms with van der Waals surface area (Å²) in [7, 11) is 3.25. The van der Waals surface area contributed by atoms with E-state index in [1.165, 1.54) is 5.56 Å². The van der Waals surface area contributed by atoms with Crippen molar-refractivity contribution in [3.8, 4) is 17.0 Å². The molecule has 1 aromatic heterocycles. The number of hydrogen-bond acceptors (Lipinski definition) is 4. The zero-order valence-corrected chi connectivity index (χ0v) is 12.8. The van der Waals surface area contributed by atoms with Crippen LogP contribution >= 0.6 is 11.6 Å². The fourth-order valence-electron chi connectivity index (χ4n) is 2.05. The average Bonchev–Trinajstić information content (AvgIpc) is 2.41. The van der Waals surface area contributed by atoms with Gasteiger partial charge in [0.25, 0.3) is 0 Å². The van der Waals surface area contributed by atoms with Gasteiger partial charge in [-0.05, 0) is 31.0 Å². The summed E-state index contributed by atoms with van der Waals surface area (Å²) in [4.78, 5) is 8.61. The first-order valence-electron chi connectivity index (χ1n) is 6.23. The smallest absolute Gasteiger partial charge is 0.156 e. The third kappa shape index (κ3) is 2.92. The van der Waals surface area contributed by atoms with Gasteiger partial charge in [0, 0.05) is 18.7 Å². The van der Waals surface area contributed by atoms with Crippen LogP contribution in [0.25, 0.3) is 11.3 Å². The van der Waals surface area contributed by atoms with E-state index in [9.17, 15) is 0 Å². The van der Waals surface area contributed by atoms with E-state index >= 15 is 0 Å². The van der Waals surface area contributed by atoms with Crippen LogP contribution in [0, 0.1) is 13.8 Å². The molecule has 0 amide bonds. The summed E-state index contributed by atoms with van der Waals surface area (Å²) in [5.74, 6) is 1.36. The van der Waals surface area contributed by atoms with Gasteiger partial charge in [0.2, 0.25) is 0 Å². The number of rotatable bonds is 4. The molecule has 0 fully saturated rings.